The van der Waals surface area contributed by atoms with Crippen molar-refractivity contribution in [1.82, 2.24) is 0 Å². The topological polar surface area (TPSA) is 74.6 Å². The first kappa shape index (κ1) is 15.8. The van der Waals surface area contributed by atoms with Gasteiger partial charge in [0.1, 0.15) is 0 Å². The molecule has 0 saturated heterocycles. The Hall–Kier alpha value is -0.204. The molecule has 0 amide bonds. The zero-order chi connectivity index (χ0) is 11.5. The van der Waals surface area contributed by atoms with Crippen LogP contribution in [0.25, 0.3) is 0 Å². The Bertz CT molecular complexity index is 361. The standard InChI is InChI=1S/C11H12O4.K.H/c1-11(9(12)13,10(14)15)7-8-5-3-2-4-6-8;;/h2-6H,7H2,1H3,(H,12,13)(H,14,15);;. The van der Waals surface area contributed by atoms with Crippen LogP contribution >= 0.6 is 0 Å². The van der Waals surface area contributed by atoms with E-state index in [9.17, 15) is 9.59 Å². The number of carboxylic acids is 2. The van der Waals surface area contributed by atoms with E-state index in [4.69, 9.17) is 10.2 Å². The average Bonchev–Trinajstić information content (AvgIpc) is 2.18. The third-order valence-corrected chi connectivity index (χ3v) is 2.34. The van der Waals surface area contributed by atoms with Crippen molar-refractivity contribution in [2.24, 2.45) is 5.41 Å². The fourth-order valence-corrected chi connectivity index (χ4v) is 1.25. The molecule has 0 atom stereocenters. The molecule has 0 saturated carbocycles. The summed E-state index contributed by atoms with van der Waals surface area (Å²) in [5.74, 6) is -2.64. The van der Waals surface area contributed by atoms with Crippen LogP contribution < -0.4 is 0 Å². The first-order chi connectivity index (χ1) is 6.97. The Kier molecular flexibility index (Phi) is 6.43. The van der Waals surface area contributed by atoms with E-state index in [1.54, 1.807) is 30.3 Å². The number of hydrogen-bond acceptors (Lipinski definition) is 2. The summed E-state index contributed by atoms with van der Waals surface area (Å²) >= 11 is 0. The molecule has 0 bridgehead atoms. The van der Waals surface area contributed by atoms with Crippen LogP contribution in [0.5, 0.6) is 0 Å². The van der Waals surface area contributed by atoms with Crippen molar-refractivity contribution in [3.63, 3.8) is 0 Å². The summed E-state index contributed by atoms with van der Waals surface area (Å²) < 4.78 is 0. The molecule has 0 aliphatic rings. The van der Waals surface area contributed by atoms with Crippen LogP contribution in [0.1, 0.15) is 12.5 Å². The summed E-state index contributed by atoms with van der Waals surface area (Å²) in [5, 5.41) is 17.8. The average molecular weight is 248 g/mol. The van der Waals surface area contributed by atoms with E-state index in [0.29, 0.717) is 5.56 Å². The molecule has 1 rings (SSSR count). The molecule has 0 aliphatic heterocycles. The second kappa shape index (κ2) is 6.51. The van der Waals surface area contributed by atoms with Gasteiger partial charge in [-0.2, -0.15) is 0 Å². The van der Waals surface area contributed by atoms with Gasteiger partial charge >= 0.3 is 63.3 Å². The van der Waals surface area contributed by atoms with Gasteiger partial charge in [-0.1, -0.05) is 30.3 Å². The normalized spacial score (nSPS) is 10.3. The van der Waals surface area contributed by atoms with Crippen molar-refractivity contribution in [1.29, 1.82) is 0 Å². The number of benzene rings is 1. The quantitative estimate of drug-likeness (QED) is 0.609. The molecule has 0 heterocycles. The molecule has 0 fully saturated rings. The predicted molar refractivity (Wildman–Crippen MR) is 60.7 cm³/mol. The van der Waals surface area contributed by atoms with Gasteiger partial charge in [0.15, 0.2) is 5.41 Å². The van der Waals surface area contributed by atoms with Crippen LogP contribution in [-0.2, 0) is 16.0 Å². The Morgan fingerprint density at radius 1 is 1.12 bits per heavy atom. The molecule has 0 aromatic heterocycles. The minimum atomic E-state index is -1.76. The van der Waals surface area contributed by atoms with Gasteiger partial charge in [0, 0.05) is 0 Å². The summed E-state index contributed by atoms with van der Waals surface area (Å²) in [6.07, 6.45) is -0.0154. The summed E-state index contributed by atoms with van der Waals surface area (Å²) in [5.41, 5.74) is -1.06. The molecule has 82 valence electrons. The number of carbonyl (C=O) groups is 2. The van der Waals surface area contributed by atoms with Gasteiger partial charge in [0.2, 0.25) is 0 Å². The zero-order valence-electron chi connectivity index (χ0n) is 8.30. The summed E-state index contributed by atoms with van der Waals surface area (Å²) in [4.78, 5) is 21.8. The molecule has 0 radical (unpaired) electrons. The number of carboxylic acid groups (broad SMARTS) is 2. The molecule has 0 aliphatic carbocycles. The zero-order valence-corrected chi connectivity index (χ0v) is 8.30. The predicted octanol–water partition coefficient (Wildman–Crippen LogP) is 0.756. The van der Waals surface area contributed by atoms with Crippen molar-refractivity contribution in [3.8, 4) is 0 Å². The molecule has 0 spiro atoms. The van der Waals surface area contributed by atoms with Crippen LogP contribution in [0.15, 0.2) is 30.3 Å². The van der Waals surface area contributed by atoms with Gasteiger partial charge in [0.25, 0.3) is 0 Å². The third-order valence-electron chi connectivity index (χ3n) is 2.34. The molecule has 5 heteroatoms. The Labute approximate surface area is 136 Å². The van der Waals surface area contributed by atoms with Crippen molar-refractivity contribution in [3.05, 3.63) is 35.9 Å². The second-order valence-electron chi connectivity index (χ2n) is 3.60. The number of rotatable bonds is 4. The molecule has 2 N–H and O–H groups in total. The van der Waals surface area contributed by atoms with Gasteiger partial charge < -0.3 is 10.2 Å². The van der Waals surface area contributed by atoms with Crippen LogP contribution in [0, 0.1) is 5.41 Å². The van der Waals surface area contributed by atoms with Crippen molar-refractivity contribution in [2.75, 3.05) is 0 Å². The monoisotopic (exact) mass is 248 g/mol. The second-order valence-corrected chi connectivity index (χ2v) is 3.60. The Morgan fingerprint density at radius 2 is 1.56 bits per heavy atom. The number of hydrogen-bond donors (Lipinski definition) is 2. The molecular formula is C11H13KO4. The van der Waals surface area contributed by atoms with Crippen LogP contribution in [-0.4, -0.2) is 73.5 Å². The summed E-state index contributed by atoms with van der Waals surface area (Å²) in [7, 11) is 0. The van der Waals surface area contributed by atoms with Crippen LogP contribution in [0.3, 0.4) is 0 Å². The Morgan fingerprint density at radius 3 is 1.94 bits per heavy atom. The van der Waals surface area contributed by atoms with E-state index < -0.39 is 17.4 Å². The molecule has 0 unspecified atom stereocenters. The van der Waals surface area contributed by atoms with E-state index in [-0.39, 0.29) is 57.8 Å². The molecular weight excluding hydrogens is 235 g/mol. The Balaban J connectivity index is 0.00000225. The first-order valence-corrected chi connectivity index (χ1v) is 4.47. The molecule has 1 aromatic rings. The van der Waals surface area contributed by atoms with E-state index in [0.717, 1.165) is 0 Å². The number of aliphatic carboxylic acids is 2. The maximum absolute atomic E-state index is 10.9. The van der Waals surface area contributed by atoms with E-state index in [2.05, 4.69) is 0 Å². The van der Waals surface area contributed by atoms with Crippen molar-refractivity contribution >= 4 is 63.3 Å². The van der Waals surface area contributed by atoms with E-state index in [1.807, 2.05) is 0 Å². The van der Waals surface area contributed by atoms with Crippen molar-refractivity contribution < 1.29 is 19.8 Å². The molecule has 1 aromatic carbocycles. The van der Waals surface area contributed by atoms with Gasteiger partial charge in [-0.3, -0.25) is 9.59 Å². The summed E-state index contributed by atoms with van der Waals surface area (Å²) in [6.45, 7) is 1.21. The maximum atomic E-state index is 10.9. The van der Waals surface area contributed by atoms with Crippen molar-refractivity contribution in [2.45, 2.75) is 13.3 Å². The van der Waals surface area contributed by atoms with Gasteiger partial charge in [0.05, 0.1) is 0 Å². The fraction of sp³-hybridized carbons (Fsp3) is 0.273. The summed E-state index contributed by atoms with van der Waals surface area (Å²) in [6, 6.07) is 8.72. The minimum absolute atomic E-state index is 0. The van der Waals surface area contributed by atoms with E-state index in [1.165, 1.54) is 6.92 Å². The first-order valence-electron chi connectivity index (χ1n) is 4.47. The van der Waals surface area contributed by atoms with E-state index >= 15 is 0 Å². The van der Waals surface area contributed by atoms with Gasteiger partial charge in [-0.05, 0) is 18.9 Å². The van der Waals surface area contributed by atoms with Crippen LogP contribution in [0.2, 0.25) is 0 Å². The van der Waals surface area contributed by atoms with Crippen LogP contribution in [0.4, 0.5) is 0 Å². The SMILES string of the molecule is CC(Cc1ccccc1)(C(=O)O)C(=O)O.[KH]. The van der Waals surface area contributed by atoms with Gasteiger partial charge in [-0.25, -0.2) is 0 Å². The molecule has 16 heavy (non-hydrogen) atoms. The third kappa shape index (κ3) is 3.67. The molecule has 4 nitrogen and oxygen atoms in total. The van der Waals surface area contributed by atoms with Gasteiger partial charge in [-0.15, -0.1) is 0 Å². The fourth-order valence-electron chi connectivity index (χ4n) is 1.25.